The number of nitrogens with zero attached hydrogens (tertiary/aromatic N) is 2. The molecule has 4 aromatic rings. The topological polar surface area (TPSA) is 61.2 Å². The molecule has 0 bridgehead atoms. The van der Waals surface area contributed by atoms with E-state index in [1.54, 1.807) is 24.5 Å². The summed E-state index contributed by atoms with van der Waals surface area (Å²) in [5.41, 5.74) is 3.01. The van der Waals surface area contributed by atoms with Crippen molar-refractivity contribution >= 4 is 34.2 Å². The first-order valence-corrected chi connectivity index (χ1v) is 9.05. The first-order valence-electron chi connectivity index (χ1n) is 9.05. The maximum atomic E-state index is 12.8. The third kappa shape index (κ3) is 3.16. The third-order valence-corrected chi connectivity index (χ3v) is 4.48. The minimum Gasteiger partial charge on any atom is -0.443 e. The van der Waals surface area contributed by atoms with Crippen LogP contribution >= 0.6 is 0 Å². The van der Waals surface area contributed by atoms with Crippen LogP contribution in [0, 0.1) is 0 Å². The van der Waals surface area contributed by atoms with Gasteiger partial charge in [-0.25, -0.2) is 4.79 Å². The molecular formula is C23H20N2O3. The molecule has 0 aliphatic heterocycles. The highest BCUT2D eigenvalue weighted by Gasteiger charge is 2.22. The Morgan fingerprint density at radius 3 is 2.64 bits per heavy atom. The lowest BCUT2D eigenvalue weighted by Crippen LogP contribution is -2.26. The summed E-state index contributed by atoms with van der Waals surface area (Å²) in [7, 11) is 0. The first kappa shape index (κ1) is 17.9. The summed E-state index contributed by atoms with van der Waals surface area (Å²) >= 11 is 0. The Hall–Kier alpha value is -3.47. The SMILES string of the molecule is CC(C)(C)OC(=O)n1cc(-c2cnc3ccccc3c2)c2c(C=O)cccc21. The molecule has 0 radical (unpaired) electrons. The van der Waals surface area contributed by atoms with Gasteiger partial charge in [0.2, 0.25) is 0 Å². The average molecular weight is 372 g/mol. The van der Waals surface area contributed by atoms with Crippen molar-refractivity contribution in [3.63, 3.8) is 0 Å². The molecular weight excluding hydrogens is 352 g/mol. The standard InChI is InChI=1S/C23H20N2O3/c1-23(2,3)28-22(27)25-13-18(21-16(14-26)8-6-10-20(21)25)17-11-15-7-4-5-9-19(15)24-12-17/h4-14H,1-3H3. The lowest BCUT2D eigenvalue weighted by Gasteiger charge is -2.19. The molecule has 0 aliphatic carbocycles. The first-order chi connectivity index (χ1) is 13.4. The molecule has 2 aromatic heterocycles. The smallest absolute Gasteiger partial charge is 0.419 e. The molecule has 2 aromatic carbocycles. The predicted molar refractivity (Wildman–Crippen MR) is 110 cm³/mol. The van der Waals surface area contributed by atoms with Gasteiger partial charge in [-0.2, -0.15) is 0 Å². The van der Waals surface area contributed by atoms with Gasteiger partial charge in [0.1, 0.15) is 5.60 Å². The highest BCUT2D eigenvalue weighted by atomic mass is 16.6. The Morgan fingerprint density at radius 2 is 1.89 bits per heavy atom. The van der Waals surface area contributed by atoms with Crippen LogP contribution in [0.15, 0.2) is 60.9 Å². The molecule has 5 nitrogen and oxygen atoms in total. The fourth-order valence-corrected chi connectivity index (χ4v) is 3.31. The molecule has 140 valence electrons. The number of rotatable bonds is 2. The van der Waals surface area contributed by atoms with Crippen molar-refractivity contribution in [2.24, 2.45) is 0 Å². The van der Waals surface area contributed by atoms with Crippen molar-refractivity contribution in [2.75, 3.05) is 0 Å². The summed E-state index contributed by atoms with van der Waals surface area (Å²) in [4.78, 5) is 29.0. The van der Waals surface area contributed by atoms with Gasteiger partial charge in [-0.15, -0.1) is 0 Å². The summed E-state index contributed by atoms with van der Waals surface area (Å²) in [5, 5.41) is 1.70. The molecule has 0 fully saturated rings. The lowest BCUT2D eigenvalue weighted by atomic mass is 10.0. The number of aromatic nitrogens is 2. The van der Waals surface area contributed by atoms with Crippen molar-refractivity contribution in [2.45, 2.75) is 26.4 Å². The molecule has 28 heavy (non-hydrogen) atoms. The number of aldehydes is 1. The largest absolute Gasteiger partial charge is 0.443 e. The summed E-state index contributed by atoms with van der Waals surface area (Å²) < 4.78 is 7.00. The zero-order valence-corrected chi connectivity index (χ0v) is 16.0. The monoisotopic (exact) mass is 372 g/mol. The molecule has 0 saturated carbocycles. The Morgan fingerprint density at radius 1 is 1.11 bits per heavy atom. The van der Waals surface area contributed by atoms with E-state index < -0.39 is 11.7 Å². The van der Waals surface area contributed by atoms with E-state index in [1.165, 1.54) is 4.57 Å². The van der Waals surface area contributed by atoms with Crippen LogP contribution in [-0.2, 0) is 4.74 Å². The van der Waals surface area contributed by atoms with Gasteiger partial charge in [-0.1, -0.05) is 30.3 Å². The number of benzene rings is 2. The molecule has 0 N–H and O–H groups in total. The minimum absolute atomic E-state index is 0.486. The number of fused-ring (bicyclic) bond motifs is 2. The average Bonchev–Trinajstić information content (AvgIpc) is 3.06. The third-order valence-electron chi connectivity index (χ3n) is 4.48. The van der Waals surface area contributed by atoms with Crippen molar-refractivity contribution in [3.8, 4) is 11.1 Å². The van der Waals surface area contributed by atoms with E-state index >= 15 is 0 Å². The van der Waals surface area contributed by atoms with E-state index in [4.69, 9.17) is 4.74 Å². The van der Waals surface area contributed by atoms with Crippen molar-refractivity contribution in [1.29, 1.82) is 0 Å². The van der Waals surface area contributed by atoms with Gasteiger partial charge in [-0.3, -0.25) is 14.3 Å². The Balaban J connectivity index is 1.97. The Labute approximate surface area is 162 Å². The van der Waals surface area contributed by atoms with Crippen LogP contribution in [0.5, 0.6) is 0 Å². The second-order valence-electron chi connectivity index (χ2n) is 7.67. The highest BCUT2D eigenvalue weighted by molar-refractivity contribution is 6.09. The fraction of sp³-hybridized carbons (Fsp3) is 0.174. The van der Waals surface area contributed by atoms with Crippen LogP contribution in [-0.4, -0.2) is 27.5 Å². The van der Waals surface area contributed by atoms with Crippen molar-refractivity contribution < 1.29 is 14.3 Å². The number of carbonyl (C=O) groups excluding carboxylic acids is 2. The van der Waals surface area contributed by atoms with E-state index in [0.29, 0.717) is 16.5 Å². The van der Waals surface area contributed by atoms with Crippen molar-refractivity contribution in [1.82, 2.24) is 9.55 Å². The van der Waals surface area contributed by atoms with E-state index in [-0.39, 0.29) is 0 Å². The molecule has 0 saturated heterocycles. The molecule has 2 heterocycles. The predicted octanol–water partition coefficient (Wildman–Crippen LogP) is 5.45. The van der Waals surface area contributed by atoms with Gasteiger partial charge in [0, 0.05) is 39.9 Å². The number of hydrogen-bond donors (Lipinski definition) is 0. The summed E-state index contributed by atoms with van der Waals surface area (Å²) in [6, 6.07) is 15.1. The molecule has 0 aliphatic rings. The van der Waals surface area contributed by atoms with Crippen LogP contribution in [0.4, 0.5) is 4.79 Å². The number of ether oxygens (including phenoxy) is 1. The Bertz CT molecular complexity index is 1220. The maximum absolute atomic E-state index is 12.8. The normalized spacial score (nSPS) is 11.7. The van der Waals surface area contributed by atoms with Gasteiger partial charge in [0.05, 0.1) is 11.0 Å². The van der Waals surface area contributed by atoms with Gasteiger partial charge >= 0.3 is 6.09 Å². The fourth-order valence-electron chi connectivity index (χ4n) is 3.31. The van der Waals surface area contributed by atoms with E-state index in [2.05, 4.69) is 4.98 Å². The summed E-state index contributed by atoms with van der Waals surface area (Å²) in [5.74, 6) is 0. The summed E-state index contributed by atoms with van der Waals surface area (Å²) in [6.45, 7) is 5.46. The van der Waals surface area contributed by atoms with Gasteiger partial charge in [0.15, 0.2) is 6.29 Å². The van der Waals surface area contributed by atoms with Gasteiger partial charge in [0.25, 0.3) is 0 Å². The molecule has 0 amide bonds. The van der Waals surface area contributed by atoms with Crippen LogP contribution in [0.25, 0.3) is 32.9 Å². The maximum Gasteiger partial charge on any atom is 0.419 e. The molecule has 0 atom stereocenters. The lowest BCUT2D eigenvalue weighted by molar-refractivity contribution is 0.0544. The van der Waals surface area contributed by atoms with Crippen LogP contribution in [0.2, 0.25) is 0 Å². The van der Waals surface area contributed by atoms with Crippen molar-refractivity contribution in [3.05, 3.63) is 66.5 Å². The van der Waals surface area contributed by atoms with E-state index in [0.717, 1.165) is 28.3 Å². The molecule has 4 rings (SSSR count). The zero-order chi connectivity index (χ0) is 19.9. The Kier molecular flexibility index (Phi) is 4.23. The van der Waals surface area contributed by atoms with E-state index in [9.17, 15) is 9.59 Å². The van der Waals surface area contributed by atoms with Gasteiger partial charge < -0.3 is 4.74 Å². The second-order valence-corrected chi connectivity index (χ2v) is 7.67. The quantitative estimate of drug-likeness (QED) is 0.439. The zero-order valence-electron chi connectivity index (χ0n) is 16.0. The summed E-state index contributed by atoms with van der Waals surface area (Å²) in [6.07, 6.45) is 3.80. The van der Waals surface area contributed by atoms with Crippen LogP contribution in [0.3, 0.4) is 0 Å². The second kappa shape index (κ2) is 6.60. The van der Waals surface area contributed by atoms with E-state index in [1.807, 2.05) is 57.2 Å². The molecule has 0 unspecified atom stereocenters. The number of pyridine rings is 1. The highest BCUT2D eigenvalue weighted by Crippen LogP contribution is 2.34. The number of para-hydroxylation sites is 1. The van der Waals surface area contributed by atoms with Gasteiger partial charge in [-0.05, 0) is 39.0 Å². The molecule has 0 spiro atoms. The minimum atomic E-state index is -0.624. The number of hydrogen-bond acceptors (Lipinski definition) is 4. The van der Waals surface area contributed by atoms with Crippen LogP contribution in [0.1, 0.15) is 31.1 Å². The molecule has 5 heteroatoms. The number of carbonyl (C=O) groups is 2. The van der Waals surface area contributed by atoms with Crippen LogP contribution < -0.4 is 0 Å².